The number of rotatable bonds is 4. The van der Waals surface area contributed by atoms with Crippen molar-refractivity contribution in [3.8, 4) is 0 Å². The summed E-state index contributed by atoms with van der Waals surface area (Å²) in [5.74, 6) is -0.968. The van der Waals surface area contributed by atoms with Crippen LogP contribution < -0.4 is 0 Å². The second-order valence-corrected chi connectivity index (χ2v) is 10.3. The van der Waals surface area contributed by atoms with E-state index in [0.29, 0.717) is 0 Å². The van der Waals surface area contributed by atoms with Crippen molar-refractivity contribution in [2.75, 3.05) is 0 Å². The van der Waals surface area contributed by atoms with Gasteiger partial charge in [0, 0.05) is 5.57 Å². The van der Waals surface area contributed by atoms with Crippen LogP contribution in [0.2, 0.25) is 19.6 Å². The monoisotopic (exact) mass is 258 g/mol. The molecule has 0 heterocycles. The van der Waals surface area contributed by atoms with Gasteiger partial charge in [-0.05, 0) is 40.4 Å². The Morgan fingerprint density at radius 2 is 1.65 bits per heavy atom. The molecule has 0 fully saturated rings. The van der Waals surface area contributed by atoms with Gasteiger partial charge in [-0.2, -0.15) is 0 Å². The summed E-state index contributed by atoms with van der Waals surface area (Å²) in [7, 11) is -1.91. The van der Waals surface area contributed by atoms with Crippen LogP contribution in [0.1, 0.15) is 27.2 Å². The largest absolute Gasteiger partial charge is 0.520 e. The third-order valence-corrected chi connectivity index (χ3v) is 2.31. The van der Waals surface area contributed by atoms with Gasteiger partial charge in [-0.3, -0.25) is 4.79 Å². The highest BCUT2D eigenvalue weighted by Gasteiger charge is 2.24. The molecule has 0 aliphatic carbocycles. The van der Waals surface area contributed by atoms with Crippen LogP contribution in [-0.2, 0) is 18.8 Å². The third-order valence-electron chi connectivity index (χ3n) is 1.47. The van der Waals surface area contributed by atoms with E-state index in [1.165, 1.54) is 0 Å². The minimum absolute atomic E-state index is 0.112. The van der Waals surface area contributed by atoms with E-state index in [4.69, 9.17) is 9.16 Å². The van der Waals surface area contributed by atoms with Gasteiger partial charge < -0.3 is 9.16 Å². The predicted octanol–water partition coefficient (Wildman–Crippen LogP) is 2.65. The first-order chi connectivity index (χ1) is 7.41. The number of carbonyl (C=O) groups is 2. The molecule has 0 unspecified atom stereocenters. The normalized spacial score (nSPS) is 11.9. The van der Waals surface area contributed by atoms with Gasteiger partial charge in [0.2, 0.25) is 8.32 Å². The molecule has 0 saturated carbocycles. The fourth-order valence-electron chi connectivity index (χ4n) is 0.974. The molecule has 0 atom stereocenters. The van der Waals surface area contributed by atoms with Crippen molar-refractivity contribution in [1.29, 1.82) is 0 Å². The van der Waals surface area contributed by atoms with Crippen LogP contribution in [-0.4, -0.2) is 25.9 Å². The zero-order valence-corrected chi connectivity index (χ0v) is 12.5. The molecule has 0 bridgehead atoms. The molecular weight excluding hydrogens is 236 g/mol. The van der Waals surface area contributed by atoms with Gasteiger partial charge in [-0.15, -0.1) is 0 Å². The quantitative estimate of drug-likeness (QED) is 0.442. The Balaban J connectivity index is 4.28. The van der Waals surface area contributed by atoms with E-state index in [9.17, 15) is 9.59 Å². The second kappa shape index (κ2) is 5.49. The van der Waals surface area contributed by atoms with Crippen molar-refractivity contribution >= 4 is 20.3 Å². The summed E-state index contributed by atoms with van der Waals surface area (Å²) >= 11 is 0. The molecule has 0 aromatic heterocycles. The lowest BCUT2D eigenvalue weighted by Crippen LogP contribution is -2.30. The van der Waals surface area contributed by atoms with E-state index in [2.05, 4.69) is 6.58 Å². The second-order valence-electron chi connectivity index (χ2n) is 5.87. The lowest BCUT2D eigenvalue weighted by atomic mass is 10.1. The standard InChI is InChI=1S/C12H22O4Si/c1-9(11(14)15-12(2,3)4)8-10(13)16-17(5,6)7/h1,8H2,2-7H3. The van der Waals surface area contributed by atoms with E-state index < -0.39 is 25.9 Å². The van der Waals surface area contributed by atoms with Crippen LogP contribution in [0.15, 0.2) is 12.2 Å². The molecular formula is C12H22O4Si. The van der Waals surface area contributed by atoms with Crippen LogP contribution in [0.4, 0.5) is 0 Å². The van der Waals surface area contributed by atoms with Gasteiger partial charge in [0.25, 0.3) is 5.97 Å². The first-order valence-corrected chi connectivity index (χ1v) is 8.94. The number of esters is 1. The Labute approximate surface area is 104 Å². The summed E-state index contributed by atoms with van der Waals surface area (Å²) < 4.78 is 10.3. The van der Waals surface area contributed by atoms with Crippen LogP contribution in [0.3, 0.4) is 0 Å². The third kappa shape index (κ3) is 8.68. The van der Waals surface area contributed by atoms with Crippen LogP contribution in [0, 0.1) is 0 Å². The summed E-state index contributed by atoms with van der Waals surface area (Å²) in [5, 5.41) is 0. The fraction of sp³-hybridized carbons (Fsp3) is 0.667. The Bertz CT molecular complexity index is 320. The number of carbonyl (C=O) groups excluding carboxylic acids is 2. The molecule has 4 nitrogen and oxygen atoms in total. The maximum absolute atomic E-state index is 11.5. The van der Waals surface area contributed by atoms with Crippen molar-refractivity contribution in [1.82, 2.24) is 0 Å². The molecule has 0 rings (SSSR count). The van der Waals surface area contributed by atoms with E-state index in [1.807, 2.05) is 19.6 Å². The summed E-state index contributed by atoms with van der Waals surface area (Å²) in [5.41, 5.74) is -0.453. The summed E-state index contributed by atoms with van der Waals surface area (Å²) in [6, 6.07) is 0. The average Bonchev–Trinajstić information content (AvgIpc) is 1.95. The molecule has 17 heavy (non-hydrogen) atoms. The maximum atomic E-state index is 11.5. The SMILES string of the molecule is C=C(CC(=O)O[Si](C)(C)C)C(=O)OC(C)(C)C. The fourth-order valence-corrected chi connectivity index (χ4v) is 1.73. The van der Waals surface area contributed by atoms with Gasteiger partial charge in [0.15, 0.2) is 0 Å². The average molecular weight is 258 g/mol. The van der Waals surface area contributed by atoms with Crippen molar-refractivity contribution in [3.63, 3.8) is 0 Å². The van der Waals surface area contributed by atoms with Crippen molar-refractivity contribution in [2.24, 2.45) is 0 Å². The molecule has 0 radical (unpaired) electrons. The molecule has 0 aliphatic rings. The first-order valence-electron chi connectivity index (χ1n) is 5.54. The van der Waals surface area contributed by atoms with Crippen LogP contribution in [0.5, 0.6) is 0 Å². The van der Waals surface area contributed by atoms with E-state index in [-0.39, 0.29) is 12.0 Å². The Kier molecular flexibility index (Phi) is 5.13. The molecule has 0 spiro atoms. The zero-order chi connectivity index (χ0) is 13.9. The van der Waals surface area contributed by atoms with Crippen LogP contribution >= 0.6 is 0 Å². The van der Waals surface area contributed by atoms with Crippen molar-refractivity contribution in [3.05, 3.63) is 12.2 Å². The minimum atomic E-state index is -1.91. The lowest BCUT2D eigenvalue weighted by Gasteiger charge is -2.21. The van der Waals surface area contributed by atoms with Gasteiger partial charge in [0.1, 0.15) is 5.60 Å². The topological polar surface area (TPSA) is 52.6 Å². The highest BCUT2D eigenvalue weighted by Crippen LogP contribution is 2.13. The predicted molar refractivity (Wildman–Crippen MR) is 69.0 cm³/mol. The smallest absolute Gasteiger partial charge is 0.334 e. The Hall–Kier alpha value is -1.10. The van der Waals surface area contributed by atoms with Crippen molar-refractivity contribution < 1.29 is 18.8 Å². The van der Waals surface area contributed by atoms with Gasteiger partial charge in [-0.25, -0.2) is 4.79 Å². The lowest BCUT2D eigenvalue weighted by molar-refractivity contribution is -0.151. The molecule has 0 aliphatic heterocycles. The van der Waals surface area contributed by atoms with E-state index in [1.54, 1.807) is 20.8 Å². The maximum Gasteiger partial charge on any atom is 0.334 e. The molecule has 0 aromatic rings. The summed E-state index contributed by atoms with van der Waals surface area (Å²) in [4.78, 5) is 23.0. The van der Waals surface area contributed by atoms with Gasteiger partial charge >= 0.3 is 5.97 Å². The molecule has 98 valence electrons. The van der Waals surface area contributed by atoms with Gasteiger partial charge in [0.05, 0.1) is 6.42 Å². The zero-order valence-electron chi connectivity index (χ0n) is 11.5. The number of hydrogen-bond donors (Lipinski definition) is 0. The highest BCUT2D eigenvalue weighted by atomic mass is 28.4. The minimum Gasteiger partial charge on any atom is -0.520 e. The number of hydrogen-bond acceptors (Lipinski definition) is 4. The molecule has 0 aromatic carbocycles. The summed E-state index contributed by atoms with van der Waals surface area (Å²) in [6.07, 6.45) is -0.112. The van der Waals surface area contributed by atoms with Gasteiger partial charge in [-0.1, -0.05) is 6.58 Å². The summed E-state index contributed by atoms with van der Waals surface area (Å²) in [6.45, 7) is 14.5. The van der Waals surface area contributed by atoms with E-state index in [0.717, 1.165) is 0 Å². The molecule has 0 N–H and O–H groups in total. The Morgan fingerprint density at radius 3 is 2.00 bits per heavy atom. The van der Waals surface area contributed by atoms with Crippen molar-refractivity contribution in [2.45, 2.75) is 52.4 Å². The first kappa shape index (κ1) is 15.9. The van der Waals surface area contributed by atoms with Crippen LogP contribution in [0.25, 0.3) is 0 Å². The highest BCUT2D eigenvalue weighted by molar-refractivity contribution is 6.71. The molecule has 0 saturated heterocycles. The Morgan fingerprint density at radius 1 is 1.18 bits per heavy atom. The molecule has 0 amide bonds. The molecule has 5 heteroatoms. The number of ether oxygens (including phenoxy) is 1. The van der Waals surface area contributed by atoms with E-state index >= 15 is 0 Å².